The van der Waals surface area contributed by atoms with Gasteiger partial charge in [0.2, 0.25) is 0 Å². The SMILES string of the molecule is CC(OC(=O)c1ccc(Cn2cncn2)cc1)C(=O)C12CC3CC(CC(C3)C1)C2. The zero-order chi connectivity index (χ0) is 20.0. The Labute approximate surface area is 170 Å². The molecule has 0 N–H and O–H groups in total. The molecule has 152 valence electrons. The third-order valence-electron chi connectivity index (χ3n) is 7.21. The molecular formula is C23H27N3O3. The summed E-state index contributed by atoms with van der Waals surface area (Å²) in [6.07, 6.45) is 9.33. The lowest BCUT2D eigenvalue weighted by Crippen LogP contribution is -2.52. The highest BCUT2D eigenvalue weighted by molar-refractivity contribution is 5.94. The molecule has 0 spiro atoms. The molecule has 0 saturated heterocycles. The topological polar surface area (TPSA) is 74.1 Å². The first-order chi connectivity index (χ1) is 14.0. The van der Waals surface area contributed by atoms with E-state index in [1.54, 1.807) is 30.1 Å². The van der Waals surface area contributed by atoms with Crippen molar-refractivity contribution in [2.45, 2.75) is 58.1 Å². The fourth-order valence-electron chi connectivity index (χ4n) is 6.37. The molecular weight excluding hydrogens is 366 g/mol. The lowest BCUT2D eigenvalue weighted by molar-refractivity contribution is -0.152. The molecule has 2 aromatic rings. The number of carbonyl (C=O) groups is 2. The molecule has 1 aromatic carbocycles. The highest BCUT2D eigenvalue weighted by Gasteiger charge is 2.55. The Bertz CT molecular complexity index is 869. The van der Waals surface area contributed by atoms with Crippen molar-refractivity contribution in [1.82, 2.24) is 14.8 Å². The summed E-state index contributed by atoms with van der Waals surface area (Å²) in [5.74, 6) is 1.82. The zero-order valence-corrected chi connectivity index (χ0v) is 16.8. The summed E-state index contributed by atoms with van der Waals surface area (Å²) in [6.45, 7) is 2.34. The van der Waals surface area contributed by atoms with Crippen molar-refractivity contribution in [3.05, 3.63) is 48.0 Å². The van der Waals surface area contributed by atoms with Crippen LogP contribution in [0.2, 0.25) is 0 Å². The number of carbonyl (C=O) groups excluding carboxylic acids is 2. The zero-order valence-electron chi connectivity index (χ0n) is 16.8. The van der Waals surface area contributed by atoms with Crippen LogP contribution in [0.5, 0.6) is 0 Å². The van der Waals surface area contributed by atoms with Gasteiger partial charge in [-0.1, -0.05) is 12.1 Å². The van der Waals surface area contributed by atoms with Gasteiger partial charge in [-0.2, -0.15) is 5.10 Å². The third kappa shape index (κ3) is 3.49. The molecule has 4 saturated carbocycles. The van der Waals surface area contributed by atoms with E-state index in [-0.39, 0.29) is 11.2 Å². The minimum Gasteiger partial charge on any atom is -0.451 e. The number of hydrogen-bond acceptors (Lipinski definition) is 5. The Morgan fingerprint density at radius 3 is 2.28 bits per heavy atom. The number of ether oxygens (including phenoxy) is 1. The molecule has 4 fully saturated rings. The van der Waals surface area contributed by atoms with E-state index in [0.717, 1.165) is 24.8 Å². The minimum atomic E-state index is -0.687. The molecule has 0 aliphatic heterocycles. The maximum atomic E-state index is 13.3. The maximum absolute atomic E-state index is 13.3. The van der Waals surface area contributed by atoms with Gasteiger partial charge in [0, 0.05) is 5.41 Å². The van der Waals surface area contributed by atoms with Crippen molar-refractivity contribution in [1.29, 1.82) is 0 Å². The molecule has 1 aromatic heterocycles. The average Bonchev–Trinajstić information content (AvgIpc) is 3.20. The number of nitrogens with zero attached hydrogens (tertiary/aromatic N) is 3. The molecule has 6 heteroatoms. The van der Waals surface area contributed by atoms with Crippen LogP contribution in [0.15, 0.2) is 36.9 Å². The van der Waals surface area contributed by atoms with E-state index >= 15 is 0 Å². The molecule has 4 aliphatic carbocycles. The lowest BCUT2D eigenvalue weighted by Gasteiger charge is -2.56. The fourth-order valence-corrected chi connectivity index (χ4v) is 6.37. The van der Waals surface area contributed by atoms with Crippen LogP contribution >= 0.6 is 0 Å². The highest BCUT2D eigenvalue weighted by atomic mass is 16.5. The number of esters is 1. The Balaban J connectivity index is 1.23. The maximum Gasteiger partial charge on any atom is 0.338 e. The summed E-state index contributed by atoms with van der Waals surface area (Å²) in [6, 6.07) is 7.25. The molecule has 4 bridgehead atoms. The van der Waals surface area contributed by atoms with Crippen LogP contribution in [0.3, 0.4) is 0 Å². The molecule has 6 rings (SSSR count). The van der Waals surface area contributed by atoms with E-state index in [1.165, 1.54) is 25.6 Å². The first-order valence-corrected chi connectivity index (χ1v) is 10.7. The second-order valence-corrected chi connectivity index (χ2v) is 9.40. The number of hydrogen-bond donors (Lipinski definition) is 0. The monoisotopic (exact) mass is 393 g/mol. The van der Waals surface area contributed by atoms with Crippen LogP contribution in [-0.4, -0.2) is 32.6 Å². The smallest absolute Gasteiger partial charge is 0.338 e. The van der Waals surface area contributed by atoms with Gasteiger partial charge in [0.25, 0.3) is 0 Å². The van der Waals surface area contributed by atoms with Crippen molar-refractivity contribution in [3.63, 3.8) is 0 Å². The first kappa shape index (κ1) is 18.5. The predicted molar refractivity (Wildman–Crippen MR) is 106 cm³/mol. The third-order valence-corrected chi connectivity index (χ3v) is 7.21. The molecule has 1 unspecified atom stereocenters. The molecule has 1 atom stereocenters. The van der Waals surface area contributed by atoms with E-state index in [2.05, 4.69) is 10.1 Å². The summed E-state index contributed by atoms with van der Waals surface area (Å²) in [5.41, 5.74) is 1.25. The number of aromatic nitrogens is 3. The minimum absolute atomic E-state index is 0.146. The lowest BCUT2D eigenvalue weighted by atomic mass is 9.48. The average molecular weight is 393 g/mol. The van der Waals surface area contributed by atoms with Crippen molar-refractivity contribution in [3.8, 4) is 0 Å². The molecule has 0 amide bonds. The van der Waals surface area contributed by atoms with Gasteiger partial charge in [0.15, 0.2) is 11.9 Å². The normalized spacial score (nSPS) is 30.9. The van der Waals surface area contributed by atoms with E-state index in [0.29, 0.717) is 29.9 Å². The van der Waals surface area contributed by atoms with E-state index in [1.807, 2.05) is 12.1 Å². The van der Waals surface area contributed by atoms with Crippen LogP contribution in [0.1, 0.15) is 61.4 Å². The van der Waals surface area contributed by atoms with Crippen LogP contribution in [-0.2, 0) is 16.1 Å². The van der Waals surface area contributed by atoms with Crippen molar-refractivity contribution in [2.75, 3.05) is 0 Å². The van der Waals surface area contributed by atoms with Crippen LogP contribution in [0.4, 0.5) is 0 Å². The Hall–Kier alpha value is -2.50. The second kappa shape index (κ2) is 7.08. The summed E-state index contributed by atoms with van der Waals surface area (Å²) < 4.78 is 7.34. The summed E-state index contributed by atoms with van der Waals surface area (Å²) in [7, 11) is 0. The van der Waals surface area contributed by atoms with Crippen molar-refractivity contribution >= 4 is 11.8 Å². The van der Waals surface area contributed by atoms with Gasteiger partial charge in [-0.3, -0.25) is 4.79 Å². The van der Waals surface area contributed by atoms with Crippen LogP contribution < -0.4 is 0 Å². The van der Waals surface area contributed by atoms with E-state index < -0.39 is 12.1 Å². The Kier molecular flexibility index (Phi) is 4.52. The molecule has 0 radical (unpaired) electrons. The van der Waals surface area contributed by atoms with Crippen LogP contribution in [0, 0.1) is 23.2 Å². The molecule has 29 heavy (non-hydrogen) atoms. The highest BCUT2D eigenvalue weighted by Crippen LogP contribution is 2.60. The Morgan fingerprint density at radius 2 is 1.72 bits per heavy atom. The fraction of sp³-hybridized carbons (Fsp3) is 0.565. The summed E-state index contributed by atoms with van der Waals surface area (Å²) >= 11 is 0. The van der Waals surface area contributed by atoms with Gasteiger partial charge in [-0.25, -0.2) is 14.5 Å². The number of Topliss-reactive ketones (excluding diaryl/α,β-unsaturated/α-hetero) is 1. The van der Waals surface area contributed by atoms with Gasteiger partial charge in [0.05, 0.1) is 12.1 Å². The number of rotatable bonds is 6. The quantitative estimate of drug-likeness (QED) is 0.700. The van der Waals surface area contributed by atoms with Crippen molar-refractivity contribution in [2.24, 2.45) is 23.2 Å². The Morgan fingerprint density at radius 1 is 1.10 bits per heavy atom. The second-order valence-electron chi connectivity index (χ2n) is 9.40. The van der Waals surface area contributed by atoms with Crippen molar-refractivity contribution < 1.29 is 14.3 Å². The number of ketones is 1. The van der Waals surface area contributed by atoms with E-state index in [9.17, 15) is 9.59 Å². The van der Waals surface area contributed by atoms with Gasteiger partial charge in [0.1, 0.15) is 12.7 Å². The van der Waals surface area contributed by atoms with Gasteiger partial charge in [-0.15, -0.1) is 0 Å². The van der Waals surface area contributed by atoms with E-state index in [4.69, 9.17) is 4.74 Å². The summed E-state index contributed by atoms with van der Waals surface area (Å²) in [5, 5.41) is 4.08. The van der Waals surface area contributed by atoms with Crippen LogP contribution in [0.25, 0.3) is 0 Å². The van der Waals surface area contributed by atoms with Gasteiger partial charge < -0.3 is 4.74 Å². The summed E-state index contributed by atoms with van der Waals surface area (Å²) in [4.78, 5) is 29.8. The van der Waals surface area contributed by atoms with Gasteiger partial charge in [-0.05, 0) is 80.9 Å². The molecule has 1 heterocycles. The predicted octanol–water partition coefficient (Wildman–Crippen LogP) is 3.66. The first-order valence-electron chi connectivity index (χ1n) is 10.7. The van der Waals surface area contributed by atoms with Gasteiger partial charge >= 0.3 is 5.97 Å². The molecule has 6 nitrogen and oxygen atoms in total. The number of benzene rings is 1. The standard InChI is InChI=1S/C23H27N3O3/c1-15(21(27)23-9-17-6-18(10-23)8-19(7-17)11-23)29-22(28)20-4-2-16(3-5-20)12-26-14-24-13-25-26/h2-5,13-15,17-19H,6-12H2,1H3. The largest absolute Gasteiger partial charge is 0.451 e. The molecule has 4 aliphatic rings.